The fraction of sp³-hybridized carbons (Fsp3) is 0.211. The third-order valence-corrected chi connectivity index (χ3v) is 6.38. The van der Waals surface area contributed by atoms with Gasteiger partial charge in [0.2, 0.25) is 0 Å². The van der Waals surface area contributed by atoms with Crippen molar-refractivity contribution >= 4 is 28.8 Å². The number of rotatable bonds is 2. The van der Waals surface area contributed by atoms with Gasteiger partial charge in [0, 0.05) is 40.3 Å². The number of thiophene rings is 1. The molecule has 3 aromatic rings. The highest BCUT2D eigenvalue weighted by Gasteiger charge is 2.38. The Bertz CT molecular complexity index is 1120. The highest BCUT2D eigenvalue weighted by Crippen LogP contribution is 2.43. The Morgan fingerprint density at radius 1 is 1.33 bits per heavy atom. The van der Waals surface area contributed by atoms with Crippen LogP contribution in [0.3, 0.4) is 0 Å². The lowest BCUT2D eigenvalue weighted by molar-refractivity contribution is 0.424. The van der Waals surface area contributed by atoms with Crippen LogP contribution in [0.4, 0.5) is 0 Å². The molecule has 8 heteroatoms. The van der Waals surface area contributed by atoms with Gasteiger partial charge < -0.3 is 5.32 Å². The van der Waals surface area contributed by atoms with Gasteiger partial charge in [-0.1, -0.05) is 11.6 Å². The first-order valence-electron chi connectivity index (χ1n) is 8.24. The van der Waals surface area contributed by atoms with Crippen LogP contribution in [0.1, 0.15) is 34.4 Å². The van der Waals surface area contributed by atoms with E-state index in [0.717, 1.165) is 26.6 Å². The highest BCUT2D eigenvalue weighted by atomic mass is 35.5. The van der Waals surface area contributed by atoms with E-state index in [1.165, 1.54) is 17.5 Å². The van der Waals surface area contributed by atoms with E-state index in [0.29, 0.717) is 22.8 Å². The first-order chi connectivity index (χ1) is 12.9. The minimum Gasteiger partial charge on any atom is -0.359 e. The van der Waals surface area contributed by atoms with Gasteiger partial charge in [-0.05, 0) is 26.0 Å². The second-order valence-electron chi connectivity index (χ2n) is 6.65. The minimum absolute atomic E-state index is 0.290. The fourth-order valence-corrected chi connectivity index (χ4v) is 4.87. The molecule has 4 rings (SSSR count). The molecule has 4 heterocycles. The molecule has 0 unspecified atom stereocenters. The summed E-state index contributed by atoms with van der Waals surface area (Å²) in [7, 11) is 0. The van der Waals surface area contributed by atoms with Crippen LogP contribution in [-0.4, -0.2) is 20.8 Å². The molecule has 0 saturated heterocycles. The largest absolute Gasteiger partial charge is 0.359 e. The smallest absolute Gasteiger partial charge is 0.129 e. The summed E-state index contributed by atoms with van der Waals surface area (Å²) in [6.45, 7) is 3.86. The Labute approximate surface area is 165 Å². The summed E-state index contributed by atoms with van der Waals surface area (Å²) >= 11 is 8.11. The van der Waals surface area contributed by atoms with Gasteiger partial charge in [-0.3, -0.25) is 10.4 Å². The number of nitrogens with zero attached hydrogens (tertiary/aromatic N) is 4. The molecule has 0 amide bonds. The van der Waals surface area contributed by atoms with Gasteiger partial charge in [-0.2, -0.15) is 5.26 Å². The summed E-state index contributed by atoms with van der Waals surface area (Å²) in [5.74, 6) is 0.973. The van der Waals surface area contributed by atoms with Crippen molar-refractivity contribution in [2.45, 2.75) is 25.8 Å². The van der Waals surface area contributed by atoms with Crippen LogP contribution in [-0.2, 0) is 12.0 Å². The van der Waals surface area contributed by atoms with E-state index in [2.05, 4.69) is 26.3 Å². The van der Waals surface area contributed by atoms with Gasteiger partial charge in [0.25, 0.3) is 0 Å². The van der Waals surface area contributed by atoms with Crippen LogP contribution in [0, 0.1) is 23.7 Å². The quantitative estimate of drug-likeness (QED) is 0.688. The molecule has 0 aliphatic carbocycles. The van der Waals surface area contributed by atoms with E-state index in [4.69, 9.17) is 22.3 Å². The number of halogens is 1. The van der Waals surface area contributed by atoms with Crippen molar-refractivity contribution in [3.05, 3.63) is 63.3 Å². The number of fused-ring (bicyclic) bond motifs is 1. The predicted octanol–water partition coefficient (Wildman–Crippen LogP) is 3.82. The van der Waals surface area contributed by atoms with Crippen LogP contribution >= 0.6 is 22.9 Å². The molecule has 1 aliphatic heterocycles. The minimum atomic E-state index is -0.550. The standard InChI is InChI=1S/C19H15ClN6S/c1-10-24-9-13-15(25-10)5-19(2,26-18(13)22)17-14(20)4-16(27-17)12-3-11(6-21)7-23-8-12/h3-4,7-9H,5H2,1-2H3,(H2,22,26)/t19-/m0/s1. The Hall–Kier alpha value is -2.82. The van der Waals surface area contributed by atoms with Crippen LogP contribution in [0.15, 0.2) is 30.7 Å². The molecule has 134 valence electrons. The molecular weight excluding hydrogens is 380 g/mol. The summed E-state index contributed by atoms with van der Waals surface area (Å²) in [6.07, 6.45) is 5.54. The zero-order valence-electron chi connectivity index (χ0n) is 14.7. The van der Waals surface area contributed by atoms with Gasteiger partial charge in [-0.25, -0.2) is 9.97 Å². The molecule has 0 bridgehead atoms. The number of nitrogens with one attached hydrogen (secondary N) is 2. The van der Waals surface area contributed by atoms with E-state index in [9.17, 15) is 0 Å². The topological polar surface area (TPSA) is 98.3 Å². The second-order valence-corrected chi connectivity index (χ2v) is 8.11. The van der Waals surface area contributed by atoms with Crippen molar-refractivity contribution in [2.24, 2.45) is 0 Å². The molecular formula is C19H15ClN6S. The lowest BCUT2D eigenvalue weighted by Crippen LogP contribution is -2.49. The Morgan fingerprint density at radius 3 is 2.93 bits per heavy atom. The lowest BCUT2D eigenvalue weighted by Gasteiger charge is -2.36. The second kappa shape index (κ2) is 6.41. The maximum absolute atomic E-state index is 9.10. The van der Waals surface area contributed by atoms with Crippen LogP contribution in [0.2, 0.25) is 5.02 Å². The number of aromatic nitrogens is 3. The zero-order chi connectivity index (χ0) is 19.2. The van der Waals surface area contributed by atoms with E-state index in [1.54, 1.807) is 18.5 Å². The first-order valence-corrected chi connectivity index (χ1v) is 9.44. The summed E-state index contributed by atoms with van der Waals surface area (Å²) in [5.41, 5.74) is 2.36. The molecule has 0 radical (unpaired) electrons. The summed E-state index contributed by atoms with van der Waals surface area (Å²) in [5, 5.41) is 21.4. The van der Waals surface area contributed by atoms with Gasteiger partial charge >= 0.3 is 0 Å². The maximum Gasteiger partial charge on any atom is 0.129 e. The summed E-state index contributed by atoms with van der Waals surface area (Å²) in [6, 6.07) is 5.79. The van der Waals surface area contributed by atoms with Crippen molar-refractivity contribution in [3.8, 4) is 16.5 Å². The monoisotopic (exact) mass is 394 g/mol. The van der Waals surface area contributed by atoms with Crippen molar-refractivity contribution < 1.29 is 0 Å². The lowest BCUT2D eigenvalue weighted by atomic mass is 9.87. The number of amidine groups is 1. The van der Waals surface area contributed by atoms with Crippen molar-refractivity contribution in [3.63, 3.8) is 0 Å². The van der Waals surface area contributed by atoms with Gasteiger partial charge in [0.05, 0.1) is 27.4 Å². The van der Waals surface area contributed by atoms with E-state index in [1.807, 2.05) is 19.9 Å². The van der Waals surface area contributed by atoms with Gasteiger partial charge in [0.15, 0.2) is 0 Å². The normalized spacial score (nSPS) is 18.5. The number of aryl methyl sites for hydroxylation is 1. The van der Waals surface area contributed by atoms with Crippen molar-refractivity contribution in [2.75, 3.05) is 0 Å². The first kappa shape index (κ1) is 17.6. The molecule has 27 heavy (non-hydrogen) atoms. The number of hydrogen-bond acceptors (Lipinski definition) is 6. The average Bonchev–Trinajstić information content (AvgIpc) is 3.04. The number of nitriles is 1. The fourth-order valence-electron chi connectivity index (χ4n) is 3.24. The van der Waals surface area contributed by atoms with E-state index < -0.39 is 5.54 Å². The SMILES string of the molecule is Cc1ncc2c(n1)C[C@@](C)(c1sc(-c3cncc(C#N)c3)cc1Cl)NC2=N. The average molecular weight is 395 g/mol. The zero-order valence-corrected chi connectivity index (χ0v) is 16.2. The molecule has 3 aromatic heterocycles. The van der Waals surface area contributed by atoms with E-state index >= 15 is 0 Å². The summed E-state index contributed by atoms with van der Waals surface area (Å²) < 4.78 is 0. The Kier molecular flexibility index (Phi) is 4.17. The third-order valence-electron chi connectivity index (χ3n) is 4.52. The van der Waals surface area contributed by atoms with Gasteiger partial charge in [0.1, 0.15) is 17.7 Å². The number of hydrogen-bond donors (Lipinski definition) is 2. The van der Waals surface area contributed by atoms with Crippen LogP contribution in [0.5, 0.6) is 0 Å². The Morgan fingerprint density at radius 2 is 2.15 bits per heavy atom. The molecule has 0 fully saturated rings. The number of pyridine rings is 1. The molecule has 0 spiro atoms. The predicted molar refractivity (Wildman–Crippen MR) is 105 cm³/mol. The molecule has 0 saturated carbocycles. The molecule has 0 aromatic carbocycles. The molecule has 1 atom stereocenters. The molecule has 2 N–H and O–H groups in total. The maximum atomic E-state index is 9.10. The van der Waals surface area contributed by atoms with Crippen molar-refractivity contribution in [1.82, 2.24) is 20.3 Å². The summed E-state index contributed by atoms with van der Waals surface area (Å²) in [4.78, 5) is 14.7. The van der Waals surface area contributed by atoms with Crippen LogP contribution < -0.4 is 5.32 Å². The van der Waals surface area contributed by atoms with Gasteiger partial charge in [-0.15, -0.1) is 11.3 Å². The Balaban J connectivity index is 1.77. The highest BCUT2D eigenvalue weighted by molar-refractivity contribution is 7.16. The molecule has 6 nitrogen and oxygen atoms in total. The van der Waals surface area contributed by atoms with Crippen molar-refractivity contribution in [1.29, 1.82) is 10.7 Å². The van der Waals surface area contributed by atoms with Crippen LogP contribution in [0.25, 0.3) is 10.4 Å². The molecule has 1 aliphatic rings. The third kappa shape index (κ3) is 3.07. The van der Waals surface area contributed by atoms with E-state index in [-0.39, 0.29) is 5.84 Å².